The molecule has 0 radical (unpaired) electrons. The van der Waals surface area contributed by atoms with Crippen LogP contribution in [-0.2, 0) is 9.36 Å². The van der Waals surface area contributed by atoms with Crippen molar-refractivity contribution in [1.29, 1.82) is 0 Å². The molecule has 2 atom stereocenters. The zero-order valence-electron chi connectivity index (χ0n) is 8.93. The third-order valence-electron chi connectivity index (χ3n) is 2.08. The molecular formula is C9H19O4P. The summed E-state index contributed by atoms with van der Waals surface area (Å²) >= 11 is 0. The summed E-state index contributed by atoms with van der Waals surface area (Å²) in [7, 11) is -3.29. The summed E-state index contributed by atoms with van der Waals surface area (Å²) < 4.78 is 11.8. The molecular weight excluding hydrogens is 203 g/mol. The minimum Gasteiger partial charge on any atom is -0.481 e. The quantitative estimate of drug-likeness (QED) is 0.675. The van der Waals surface area contributed by atoms with Gasteiger partial charge in [-0.15, -0.1) is 0 Å². The van der Waals surface area contributed by atoms with Crippen LogP contribution < -0.4 is 0 Å². The van der Waals surface area contributed by atoms with E-state index in [-0.39, 0.29) is 18.5 Å². The first-order chi connectivity index (χ1) is 6.29. The van der Waals surface area contributed by atoms with Crippen molar-refractivity contribution in [2.75, 3.05) is 6.16 Å². The van der Waals surface area contributed by atoms with E-state index >= 15 is 0 Å². The maximum Gasteiger partial charge on any atom is 0.304 e. The second-order valence-corrected chi connectivity index (χ2v) is 6.60. The Kier molecular flexibility index (Phi) is 5.38. The van der Waals surface area contributed by atoms with Crippen molar-refractivity contribution >= 4 is 13.3 Å². The molecule has 0 aliphatic carbocycles. The summed E-state index contributed by atoms with van der Waals surface area (Å²) in [6.07, 6.45) is 0.433. The molecule has 0 heterocycles. The van der Waals surface area contributed by atoms with Crippen molar-refractivity contribution in [2.24, 2.45) is 5.92 Å². The number of hydrogen-bond acceptors (Lipinski definition) is 2. The highest BCUT2D eigenvalue weighted by Gasteiger charge is 2.31. The van der Waals surface area contributed by atoms with Gasteiger partial charge in [0.15, 0.2) is 0 Å². The van der Waals surface area contributed by atoms with E-state index in [2.05, 4.69) is 0 Å². The molecule has 0 aromatic heterocycles. The predicted octanol–water partition coefficient (Wildman–Crippen LogP) is 2.17. The van der Waals surface area contributed by atoms with Crippen LogP contribution >= 0.6 is 7.37 Å². The largest absolute Gasteiger partial charge is 0.481 e. The van der Waals surface area contributed by atoms with E-state index in [1.165, 1.54) is 0 Å². The molecule has 0 aliphatic rings. The Morgan fingerprint density at radius 1 is 1.43 bits per heavy atom. The maximum atomic E-state index is 11.8. The number of hydrogen-bond donors (Lipinski definition) is 2. The van der Waals surface area contributed by atoms with Gasteiger partial charge < -0.3 is 10.00 Å². The SMILES string of the molecule is CCC(CC(=O)O)P(=O)(O)CC(C)C. The first-order valence-electron chi connectivity index (χ1n) is 4.82. The molecule has 0 saturated carbocycles. The van der Waals surface area contributed by atoms with Crippen LogP contribution in [0.1, 0.15) is 33.6 Å². The van der Waals surface area contributed by atoms with Gasteiger partial charge in [-0.05, 0) is 12.3 Å². The second-order valence-electron chi connectivity index (χ2n) is 3.99. The molecule has 0 rings (SSSR count). The lowest BCUT2D eigenvalue weighted by atomic mass is 10.2. The lowest BCUT2D eigenvalue weighted by Gasteiger charge is -2.21. The molecule has 5 heteroatoms. The molecule has 0 spiro atoms. The molecule has 4 nitrogen and oxygen atoms in total. The van der Waals surface area contributed by atoms with Crippen LogP contribution in [0.25, 0.3) is 0 Å². The van der Waals surface area contributed by atoms with Crippen molar-refractivity contribution in [2.45, 2.75) is 39.3 Å². The lowest BCUT2D eigenvalue weighted by Crippen LogP contribution is -2.16. The normalized spacial score (nSPS) is 17.8. The standard InChI is InChI=1S/C9H19O4P/c1-4-8(5-9(10)11)14(12,13)6-7(2)3/h7-8H,4-6H2,1-3H3,(H,10,11)(H,12,13). The maximum absolute atomic E-state index is 11.8. The number of carbonyl (C=O) groups is 1. The highest BCUT2D eigenvalue weighted by atomic mass is 31.2. The van der Waals surface area contributed by atoms with Gasteiger partial charge >= 0.3 is 5.97 Å². The van der Waals surface area contributed by atoms with Crippen LogP contribution in [0, 0.1) is 5.92 Å². The summed E-state index contributed by atoms with van der Waals surface area (Å²) in [5, 5.41) is 8.58. The molecule has 2 unspecified atom stereocenters. The lowest BCUT2D eigenvalue weighted by molar-refractivity contribution is -0.137. The van der Waals surface area contributed by atoms with Gasteiger partial charge in [-0.2, -0.15) is 0 Å². The van der Waals surface area contributed by atoms with Crippen molar-refractivity contribution in [3.63, 3.8) is 0 Å². The van der Waals surface area contributed by atoms with Gasteiger partial charge in [-0.3, -0.25) is 9.36 Å². The Hall–Kier alpha value is -0.340. The number of aliphatic carboxylic acids is 1. The molecule has 0 aromatic rings. The first-order valence-corrected chi connectivity index (χ1v) is 6.74. The molecule has 0 aromatic carbocycles. The summed E-state index contributed by atoms with van der Waals surface area (Å²) in [6.45, 7) is 5.46. The van der Waals surface area contributed by atoms with Crippen LogP contribution in [0.3, 0.4) is 0 Å². The molecule has 0 amide bonds. The summed E-state index contributed by atoms with van der Waals surface area (Å²) in [6, 6.07) is 0. The number of rotatable bonds is 6. The van der Waals surface area contributed by atoms with E-state index < -0.39 is 19.0 Å². The third kappa shape index (κ3) is 4.77. The van der Waals surface area contributed by atoms with Gasteiger partial charge in [-0.1, -0.05) is 20.8 Å². The summed E-state index contributed by atoms with van der Waals surface area (Å²) in [5.74, 6) is -0.886. The van der Waals surface area contributed by atoms with E-state index in [1.54, 1.807) is 6.92 Å². The van der Waals surface area contributed by atoms with Crippen molar-refractivity contribution in [1.82, 2.24) is 0 Å². The van der Waals surface area contributed by atoms with Gasteiger partial charge in [0.2, 0.25) is 7.37 Å². The minimum absolute atomic E-state index is 0.119. The predicted molar refractivity (Wildman–Crippen MR) is 55.9 cm³/mol. The Bertz CT molecular complexity index is 237. The molecule has 0 bridgehead atoms. The third-order valence-corrected chi connectivity index (χ3v) is 5.02. The zero-order valence-corrected chi connectivity index (χ0v) is 9.83. The summed E-state index contributed by atoms with van der Waals surface area (Å²) in [5.41, 5.74) is -0.595. The average Bonchev–Trinajstić information content (AvgIpc) is 1.96. The van der Waals surface area contributed by atoms with Crippen LogP contribution in [0.2, 0.25) is 0 Å². The molecule has 0 aliphatic heterocycles. The number of carboxylic acid groups (broad SMARTS) is 1. The Morgan fingerprint density at radius 2 is 1.93 bits per heavy atom. The fraction of sp³-hybridized carbons (Fsp3) is 0.889. The van der Waals surface area contributed by atoms with Crippen molar-refractivity contribution in [3.05, 3.63) is 0 Å². The van der Waals surface area contributed by atoms with E-state index in [0.717, 1.165) is 0 Å². The second kappa shape index (κ2) is 5.52. The minimum atomic E-state index is -3.29. The van der Waals surface area contributed by atoms with Gasteiger partial charge in [0.05, 0.1) is 6.42 Å². The van der Waals surface area contributed by atoms with Crippen LogP contribution in [0.5, 0.6) is 0 Å². The van der Waals surface area contributed by atoms with Crippen LogP contribution in [-0.4, -0.2) is 27.8 Å². The molecule has 2 N–H and O–H groups in total. The highest BCUT2D eigenvalue weighted by molar-refractivity contribution is 7.58. The van der Waals surface area contributed by atoms with Gasteiger partial charge in [0, 0.05) is 11.8 Å². The van der Waals surface area contributed by atoms with E-state index in [1.807, 2.05) is 13.8 Å². The fourth-order valence-corrected chi connectivity index (χ4v) is 3.80. The molecule has 14 heavy (non-hydrogen) atoms. The highest BCUT2D eigenvalue weighted by Crippen LogP contribution is 2.50. The van der Waals surface area contributed by atoms with E-state index in [0.29, 0.717) is 6.42 Å². The Balaban J connectivity index is 4.48. The zero-order chi connectivity index (χ0) is 11.4. The van der Waals surface area contributed by atoms with E-state index in [9.17, 15) is 14.3 Å². The van der Waals surface area contributed by atoms with Gasteiger partial charge in [0.25, 0.3) is 0 Å². The first kappa shape index (κ1) is 13.7. The van der Waals surface area contributed by atoms with Gasteiger partial charge in [0.1, 0.15) is 0 Å². The molecule has 84 valence electrons. The van der Waals surface area contributed by atoms with Gasteiger partial charge in [-0.25, -0.2) is 0 Å². The van der Waals surface area contributed by atoms with E-state index in [4.69, 9.17) is 5.11 Å². The topological polar surface area (TPSA) is 74.6 Å². The monoisotopic (exact) mass is 222 g/mol. The Morgan fingerprint density at radius 3 is 2.21 bits per heavy atom. The van der Waals surface area contributed by atoms with Crippen molar-refractivity contribution < 1.29 is 19.4 Å². The average molecular weight is 222 g/mol. The molecule has 0 saturated heterocycles. The fourth-order valence-electron chi connectivity index (χ4n) is 1.45. The molecule has 0 fully saturated rings. The van der Waals surface area contributed by atoms with Crippen molar-refractivity contribution in [3.8, 4) is 0 Å². The number of carboxylic acids is 1. The van der Waals surface area contributed by atoms with Crippen LogP contribution in [0.4, 0.5) is 0 Å². The van der Waals surface area contributed by atoms with Crippen LogP contribution in [0.15, 0.2) is 0 Å². The Labute approximate surface area is 84.8 Å². The smallest absolute Gasteiger partial charge is 0.304 e. The summed E-state index contributed by atoms with van der Waals surface area (Å²) in [4.78, 5) is 20.2.